The van der Waals surface area contributed by atoms with Crippen LogP contribution in [0.15, 0.2) is 42.5 Å². The zero-order chi connectivity index (χ0) is 16.4. The summed E-state index contributed by atoms with van der Waals surface area (Å²) in [5, 5.41) is 14.4. The molecular formula is C16H13ClN2O3S. The van der Waals surface area contributed by atoms with E-state index in [0.29, 0.717) is 28.4 Å². The number of nitro benzene ring substituents is 1. The Balaban J connectivity index is 2.16. The van der Waals surface area contributed by atoms with E-state index in [-0.39, 0.29) is 16.8 Å². The second kappa shape index (κ2) is 6.60. The smallest absolute Gasteiger partial charge is 0.269 e. The molecule has 1 heterocycles. The molecule has 1 atom stereocenters. The predicted molar refractivity (Wildman–Crippen MR) is 92.1 cm³/mol. The van der Waals surface area contributed by atoms with Crippen LogP contribution < -0.4 is 5.32 Å². The number of amides is 1. The van der Waals surface area contributed by atoms with Gasteiger partial charge < -0.3 is 5.32 Å². The number of nitrogens with zero attached hydrogens (tertiary/aromatic N) is 1. The molecule has 0 fully saturated rings. The Morgan fingerprint density at radius 2 is 2.00 bits per heavy atom. The summed E-state index contributed by atoms with van der Waals surface area (Å²) in [4.78, 5) is 22.5. The molecular weight excluding hydrogens is 336 g/mol. The van der Waals surface area contributed by atoms with E-state index < -0.39 is 4.92 Å². The number of carbonyl (C=O) groups is 1. The number of fused-ring (bicyclic) bond motifs is 1. The summed E-state index contributed by atoms with van der Waals surface area (Å²) in [7, 11) is 0. The van der Waals surface area contributed by atoms with Gasteiger partial charge in [-0.05, 0) is 23.3 Å². The van der Waals surface area contributed by atoms with Crippen LogP contribution in [0.1, 0.15) is 22.8 Å². The Morgan fingerprint density at radius 1 is 1.22 bits per heavy atom. The summed E-state index contributed by atoms with van der Waals surface area (Å²) in [6, 6.07) is 11.9. The maximum Gasteiger partial charge on any atom is 0.269 e. The van der Waals surface area contributed by atoms with Crippen LogP contribution in [0, 0.1) is 10.1 Å². The lowest BCUT2D eigenvalue weighted by atomic mass is 10.0. The predicted octanol–water partition coefficient (Wildman–Crippen LogP) is 4.41. The van der Waals surface area contributed by atoms with Crippen molar-refractivity contribution in [3.63, 3.8) is 0 Å². The molecule has 1 unspecified atom stereocenters. The first kappa shape index (κ1) is 15.8. The standard InChI is InChI=1S/C16H13ClN2O3S/c17-13-4-2-1-3-11(13)16-12-9-10(19(21)22)5-6-14(12)18-15(20)7-8-23-16/h1-6,9,16H,7-8H2,(H,18,20). The monoisotopic (exact) mass is 348 g/mol. The van der Waals surface area contributed by atoms with E-state index in [2.05, 4.69) is 5.32 Å². The minimum absolute atomic E-state index is 0.00349. The molecule has 1 N–H and O–H groups in total. The van der Waals surface area contributed by atoms with Crippen LogP contribution in [-0.2, 0) is 4.79 Å². The van der Waals surface area contributed by atoms with Gasteiger partial charge in [0, 0.05) is 35.0 Å². The highest BCUT2D eigenvalue weighted by Crippen LogP contribution is 2.44. The minimum atomic E-state index is -0.435. The highest BCUT2D eigenvalue weighted by atomic mass is 35.5. The molecule has 7 heteroatoms. The molecule has 0 saturated heterocycles. The molecule has 0 aliphatic carbocycles. The highest BCUT2D eigenvalue weighted by molar-refractivity contribution is 7.99. The normalized spacial score (nSPS) is 17.6. The van der Waals surface area contributed by atoms with E-state index >= 15 is 0 Å². The third kappa shape index (κ3) is 3.33. The van der Waals surface area contributed by atoms with Crippen molar-refractivity contribution in [2.75, 3.05) is 11.1 Å². The molecule has 0 saturated carbocycles. The van der Waals surface area contributed by atoms with Crippen molar-refractivity contribution in [3.8, 4) is 0 Å². The first-order chi connectivity index (χ1) is 11.1. The van der Waals surface area contributed by atoms with E-state index in [0.717, 1.165) is 5.56 Å². The fourth-order valence-corrected chi connectivity index (χ4v) is 4.12. The average Bonchev–Trinajstić information content (AvgIpc) is 2.51. The lowest BCUT2D eigenvalue weighted by molar-refractivity contribution is -0.384. The second-order valence-corrected chi connectivity index (χ2v) is 6.72. The third-order valence-corrected chi connectivity index (χ3v) is 5.23. The molecule has 23 heavy (non-hydrogen) atoms. The number of halogens is 1. The quantitative estimate of drug-likeness (QED) is 0.644. The Bertz CT molecular complexity index is 782. The zero-order valence-corrected chi connectivity index (χ0v) is 13.6. The van der Waals surface area contributed by atoms with Gasteiger partial charge in [-0.3, -0.25) is 14.9 Å². The summed E-state index contributed by atoms with van der Waals surface area (Å²) in [5.41, 5.74) is 2.18. The van der Waals surface area contributed by atoms with Crippen LogP contribution in [0.3, 0.4) is 0 Å². The summed E-state index contributed by atoms with van der Waals surface area (Å²) in [6.45, 7) is 0. The maximum absolute atomic E-state index is 11.8. The first-order valence-corrected chi connectivity index (χ1v) is 8.43. The number of hydrogen-bond acceptors (Lipinski definition) is 4. The number of anilines is 1. The fourth-order valence-electron chi connectivity index (χ4n) is 2.51. The van der Waals surface area contributed by atoms with Crippen LogP contribution in [0.25, 0.3) is 0 Å². The number of non-ortho nitro benzene ring substituents is 1. The van der Waals surface area contributed by atoms with Gasteiger partial charge in [-0.2, -0.15) is 0 Å². The van der Waals surface area contributed by atoms with E-state index in [9.17, 15) is 14.9 Å². The Labute approximate surface area is 142 Å². The number of benzene rings is 2. The van der Waals surface area contributed by atoms with Gasteiger partial charge in [-0.25, -0.2) is 0 Å². The Morgan fingerprint density at radius 3 is 2.74 bits per heavy atom. The van der Waals surface area contributed by atoms with Crippen molar-refractivity contribution in [2.24, 2.45) is 0 Å². The van der Waals surface area contributed by atoms with Crippen LogP contribution in [-0.4, -0.2) is 16.6 Å². The molecule has 2 aromatic rings. The largest absolute Gasteiger partial charge is 0.326 e. The minimum Gasteiger partial charge on any atom is -0.326 e. The Hall–Kier alpha value is -2.05. The number of carbonyl (C=O) groups excluding carboxylic acids is 1. The van der Waals surface area contributed by atoms with E-state index in [1.807, 2.05) is 18.2 Å². The molecule has 118 valence electrons. The van der Waals surface area contributed by atoms with Gasteiger partial charge in [0.1, 0.15) is 0 Å². The fraction of sp³-hybridized carbons (Fsp3) is 0.188. The lowest BCUT2D eigenvalue weighted by Gasteiger charge is -2.24. The van der Waals surface area contributed by atoms with Crippen molar-refractivity contribution in [3.05, 3.63) is 68.7 Å². The van der Waals surface area contributed by atoms with Crippen molar-refractivity contribution in [1.82, 2.24) is 0 Å². The summed E-state index contributed by atoms with van der Waals surface area (Å²) in [5.74, 6) is 0.523. The molecule has 3 rings (SSSR count). The zero-order valence-electron chi connectivity index (χ0n) is 12.0. The molecule has 5 nitrogen and oxygen atoms in total. The second-order valence-electron chi connectivity index (χ2n) is 5.10. The molecule has 0 spiro atoms. The van der Waals surface area contributed by atoms with Crippen molar-refractivity contribution < 1.29 is 9.72 Å². The van der Waals surface area contributed by atoms with Crippen LogP contribution >= 0.6 is 23.4 Å². The van der Waals surface area contributed by atoms with Gasteiger partial charge in [-0.1, -0.05) is 29.8 Å². The molecule has 1 amide bonds. The molecule has 0 aromatic heterocycles. The van der Waals surface area contributed by atoms with Crippen molar-refractivity contribution in [1.29, 1.82) is 0 Å². The van der Waals surface area contributed by atoms with Crippen molar-refractivity contribution in [2.45, 2.75) is 11.7 Å². The molecule has 0 bridgehead atoms. The van der Waals surface area contributed by atoms with E-state index in [1.165, 1.54) is 12.1 Å². The van der Waals surface area contributed by atoms with Gasteiger partial charge in [0.25, 0.3) is 5.69 Å². The highest BCUT2D eigenvalue weighted by Gasteiger charge is 2.25. The summed E-state index contributed by atoms with van der Waals surface area (Å²) >= 11 is 7.88. The maximum atomic E-state index is 11.8. The summed E-state index contributed by atoms with van der Waals surface area (Å²) < 4.78 is 0. The number of hydrogen-bond donors (Lipinski definition) is 1. The number of nitrogens with one attached hydrogen (secondary N) is 1. The van der Waals surface area contributed by atoms with E-state index in [4.69, 9.17) is 11.6 Å². The Kier molecular flexibility index (Phi) is 4.54. The van der Waals surface area contributed by atoms with Gasteiger partial charge in [0.2, 0.25) is 5.91 Å². The van der Waals surface area contributed by atoms with Crippen LogP contribution in [0.4, 0.5) is 11.4 Å². The molecule has 0 radical (unpaired) electrons. The molecule has 1 aliphatic heterocycles. The lowest BCUT2D eigenvalue weighted by Crippen LogP contribution is -2.18. The van der Waals surface area contributed by atoms with E-state index in [1.54, 1.807) is 23.9 Å². The SMILES string of the molecule is O=C1CCSC(c2ccccc2Cl)c2cc([N+](=O)[O-])ccc2N1. The first-order valence-electron chi connectivity index (χ1n) is 7.00. The van der Waals surface area contributed by atoms with Crippen molar-refractivity contribution >= 4 is 40.6 Å². The third-order valence-electron chi connectivity index (χ3n) is 3.60. The number of rotatable bonds is 2. The number of nitro groups is 1. The number of thioether (sulfide) groups is 1. The topological polar surface area (TPSA) is 72.2 Å². The average molecular weight is 349 g/mol. The van der Waals surface area contributed by atoms with Gasteiger partial charge in [-0.15, -0.1) is 11.8 Å². The molecule has 2 aromatic carbocycles. The van der Waals surface area contributed by atoms with Gasteiger partial charge >= 0.3 is 0 Å². The van der Waals surface area contributed by atoms with Crippen LogP contribution in [0.2, 0.25) is 5.02 Å². The van der Waals surface area contributed by atoms with Gasteiger partial charge in [0.15, 0.2) is 0 Å². The van der Waals surface area contributed by atoms with Gasteiger partial charge in [0.05, 0.1) is 10.2 Å². The molecule has 1 aliphatic rings. The summed E-state index contributed by atoms with van der Waals surface area (Å²) in [6.07, 6.45) is 0.391. The van der Waals surface area contributed by atoms with Crippen LogP contribution in [0.5, 0.6) is 0 Å².